The molecular weight excluding hydrogens is 360 g/mol. The van der Waals surface area contributed by atoms with Crippen molar-refractivity contribution in [2.45, 2.75) is 36.7 Å². The zero-order chi connectivity index (χ0) is 18.0. The molecule has 1 atom stereocenters. The van der Waals surface area contributed by atoms with Crippen molar-refractivity contribution in [2.24, 2.45) is 0 Å². The molecule has 0 aromatic heterocycles. The van der Waals surface area contributed by atoms with Crippen LogP contribution in [0.3, 0.4) is 0 Å². The minimum absolute atomic E-state index is 0.0164. The molecule has 0 spiro atoms. The van der Waals surface area contributed by atoms with E-state index in [0.29, 0.717) is 5.02 Å². The minimum Gasteiger partial charge on any atom is -0.345 e. The Bertz CT molecular complexity index is 895. The summed E-state index contributed by atoms with van der Waals surface area (Å²) >= 11 is 6.15. The maximum absolute atomic E-state index is 12.5. The van der Waals surface area contributed by atoms with Crippen molar-refractivity contribution < 1.29 is 13.2 Å². The Morgan fingerprint density at radius 3 is 2.56 bits per heavy atom. The van der Waals surface area contributed by atoms with Crippen molar-refractivity contribution >= 4 is 27.5 Å². The van der Waals surface area contributed by atoms with Gasteiger partial charge in [0.05, 0.1) is 10.9 Å². The van der Waals surface area contributed by atoms with E-state index in [-0.39, 0.29) is 28.4 Å². The predicted octanol–water partition coefficient (Wildman–Crippen LogP) is 3.27. The van der Waals surface area contributed by atoms with Crippen LogP contribution in [0.1, 0.15) is 41.7 Å². The topological polar surface area (TPSA) is 75.3 Å². The first-order valence-electron chi connectivity index (χ1n) is 8.04. The molecule has 0 bridgehead atoms. The highest BCUT2D eigenvalue weighted by Gasteiger charge is 2.28. The summed E-state index contributed by atoms with van der Waals surface area (Å²) in [5.74, 6) is -0.351. The van der Waals surface area contributed by atoms with Gasteiger partial charge in [0, 0.05) is 16.6 Å². The third-order valence-corrected chi connectivity index (χ3v) is 5.89. The Kier molecular flexibility index (Phi) is 5.13. The molecule has 1 aliphatic carbocycles. The van der Waals surface area contributed by atoms with Gasteiger partial charge in [0.15, 0.2) is 0 Å². The first-order valence-corrected chi connectivity index (χ1v) is 9.90. The summed E-state index contributed by atoms with van der Waals surface area (Å²) in [6.07, 6.45) is 1.71. The van der Waals surface area contributed by atoms with E-state index in [1.165, 1.54) is 12.1 Å². The van der Waals surface area contributed by atoms with Gasteiger partial charge in [-0.25, -0.2) is 13.1 Å². The van der Waals surface area contributed by atoms with Gasteiger partial charge in [-0.2, -0.15) is 0 Å². The summed E-state index contributed by atoms with van der Waals surface area (Å²) in [5.41, 5.74) is 1.09. The smallest absolute Gasteiger partial charge is 0.251 e. The molecule has 7 heteroatoms. The summed E-state index contributed by atoms with van der Waals surface area (Å²) in [4.78, 5) is 12.6. The fourth-order valence-electron chi connectivity index (χ4n) is 2.48. The number of nitrogens with one attached hydrogen (secondary N) is 2. The molecule has 2 aromatic carbocycles. The Morgan fingerprint density at radius 1 is 1.16 bits per heavy atom. The van der Waals surface area contributed by atoms with E-state index in [4.69, 9.17) is 11.6 Å². The van der Waals surface area contributed by atoms with Gasteiger partial charge in [0.1, 0.15) is 0 Å². The van der Waals surface area contributed by atoms with E-state index < -0.39 is 10.0 Å². The van der Waals surface area contributed by atoms with Crippen molar-refractivity contribution in [3.8, 4) is 0 Å². The standard InChI is InChI=1S/C18H19ClN2O3S/c1-12(16-7-2-3-8-17(16)19)20-18(22)13-5-4-6-15(11-13)25(23,24)21-14-9-10-14/h2-8,11-12,14,21H,9-10H2,1H3,(H,20,22). The van der Waals surface area contributed by atoms with Crippen LogP contribution in [-0.2, 0) is 10.0 Å². The zero-order valence-corrected chi connectivity index (χ0v) is 15.3. The van der Waals surface area contributed by atoms with E-state index in [0.717, 1.165) is 18.4 Å². The summed E-state index contributed by atoms with van der Waals surface area (Å²) in [7, 11) is -3.59. The van der Waals surface area contributed by atoms with Gasteiger partial charge >= 0.3 is 0 Å². The minimum atomic E-state index is -3.59. The Morgan fingerprint density at radius 2 is 1.88 bits per heavy atom. The SMILES string of the molecule is CC(NC(=O)c1cccc(S(=O)(=O)NC2CC2)c1)c1ccccc1Cl. The van der Waals surface area contributed by atoms with E-state index >= 15 is 0 Å². The fraction of sp³-hybridized carbons (Fsp3) is 0.278. The number of benzene rings is 2. The number of sulfonamides is 1. The molecular formula is C18H19ClN2O3S. The first-order chi connectivity index (χ1) is 11.9. The Balaban J connectivity index is 1.76. The highest BCUT2D eigenvalue weighted by atomic mass is 35.5. The van der Waals surface area contributed by atoms with Crippen molar-refractivity contribution in [3.05, 3.63) is 64.7 Å². The first kappa shape index (κ1) is 17.9. The fourth-order valence-corrected chi connectivity index (χ4v) is 4.13. The summed E-state index contributed by atoms with van der Waals surface area (Å²) in [6, 6.07) is 13.0. The molecule has 1 fully saturated rings. The largest absolute Gasteiger partial charge is 0.345 e. The Labute approximate surface area is 152 Å². The van der Waals surface area contributed by atoms with Crippen LogP contribution in [0.2, 0.25) is 5.02 Å². The summed E-state index contributed by atoms with van der Waals surface area (Å²) in [6.45, 7) is 1.83. The maximum Gasteiger partial charge on any atom is 0.251 e. The molecule has 132 valence electrons. The van der Waals surface area contributed by atoms with Gasteiger partial charge in [0.25, 0.3) is 5.91 Å². The van der Waals surface area contributed by atoms with Gasteiger partial charge in [-0.3, -0.25) is 4.79 Å². The van der Waals surface area contributed by atoms with Crippen LogP contribution >= 0.6 is 11.6 Å². The average molecular weight is 379 g/mol. The number of rotatable bonds is 6. The normalized spacial score (nSPS) is 15.6. The summed E-state index contributed by atoms with van der Waals surface area (Å²) < 4.78 is 27.2. The number of carbonyl (C=O) groups is 1. The molecule has 1 saturated carbocycles. The predicted molar refractivity (Wildman–Crippen MR) is 97.1 cm³/mol. The van der Waals surface area contributed by atoms with E-state index in [1.54, 1.807) is 18.2 Å². The summed E-state index contributed by atoms with van der Waals surface area (Å²) in [5, 5.41) is 3.42. The van der Waals surface area contributed by atoms with Crippen LogP contribution in [0.4, 0.5) is 0 Å². The lowest BCUT2D eigenvalue weighted by Gasteiger charge is -2.16. The second-order valence-electron chi connectivity index (χ2n) is 6.14. The number of amides is 1. The number of carbonyl (C=O) groups excluding carboxylic acids is 1. The lowest BCUT2D eigenvalue weighted by molar-refractivity contribution is 0.0939. The van der Waals surface area contributed by atoms with Gasteiger partial charge in [-0.05, 0) is 49.6 Å². The zero-order valence-electron chi connectivity index (χ0n) is 13.7. The number of hydrogen-bond acceptors (Lipinski definition) is 3. The van der Waals surface area contributed by atoms with Crippen LogP contribution in [0.5, 0.6) is 0 Å². The second kappa shape index (κ2) is 7.15. The van der Waals surface area contributed by atoms with E-state index in [1.807, 2.05) is 25.1 Å². The molecule has 1 unspecified atom stereocenters. The number of hydrogen-bond donors (Lipinski definition) is 2. The number of halogens is 1. The van der Waals surface area contributed by atoms with Crippen LogP contribution in [0.15, 0.2) is 53.4 Å². The van der Waals surface area contributed by atoms with Gasteiger partial charge in [-0.15, -0.1) is 0 Å². The third-order valence-electron chi connectivity index (χ3n) is 4.03. The molecule has 5 nitrogen and oxygen atoms in total. The molecule has 0 radical (unpaired) electrons. The molecule has 0 saturated heterocycles. The molecule has 3 rings (SSSR count). The van der Waals surface area contributed by atoms with E-state index in [9.17, 15) is 13.2 Å². The molecule has 2 N–H and O–H groups in total. The Hall–Kier alpha value is -1.89. The van der Waals surface area contributed by atoms with Crippen LogP contribution in [-0.4, -0.2) is 20.4 Å². The molecule has 0 heterocycles. The van der Waals surface area contributed by atoms with Crippen molar-refractivity contribution in [1.29, 1.82) is 0 Å². The van der Waals surface area contributed by atoms with Crippen LogP contribution < -0.4 is 10.0 Å². The molecule has 2 aromatic rings. The van der Waals surface area contributed by atoms with Crippen LogP contribution in [0.25, 0.3) is 0 Å². The average Bonchev–Trinajstić information content (AvgIpc) is 3.38. The molecule has 25 heavy (non-hydrogen) atoms. The van der Waals surface area contributed by atoms with Crippen molar-refractivity contribution in [3.63, 3.8) is 0 Å². The monoisotopic (exact) mass is 378 g/mol. The lowest BCUT2D eigenvalue weighted by Crippen LogP contribution is -2.28. The second-order valence-corrected chi connectivity index (χ2v) is 8.26. The quantitative estimate of drug-likeness (QED) is 0.810. The van der Waals surface area contributed by atoms with E-state index in [2.05, 4.69) is 10.0 Å². The molecule has 1 amide bonds. The van der Waals surface area contributed by atoms with Gasteiger partial charge in [0.2, 0.25) is 10.0 Å². The third kappa shape index (κ3) is 4.39. The molecule has 0 aliphatic heterocycles. The van der Waals surface area contributed by atoms with Crippen molar-refractivity contribution in [1.82, 2.24) is 10.0 Å². The van der Waals surface area contributed by atoms with Crippen molar-refractivity contribution in [2.75, 3.05) is 0 Å². The van der Waals surface area contributed by atoms with Gasteiger partial charge in [-0.1, -0.05) is 35.9 Å². The highest BCUT2D eigenvalue weighted by molar-refractivity contribution is 7.89. The van der Waals surface area contributed by atoms with Crippen LogP contribution in [0, 0.1) is 0 Å². The molecule has 1 aliphatic rings. The van der Waals surface area contributed by atoms with Gasteiger partial charge < -0.3 is 5.32 Å². The lowest BCUT2D eigenvalue weighted by atomic mass is 10.1. The highest BCUT2D eigenvalue weighted by Crippen LogP contribution is 2.24. The maximum atomic E-state index is 12.5.